The number of hydrogen-bond donors (Lipinski definition) is 0. The van der Waals surface area contributed by atoms with Crippen LogP contribution in [-0.4, -0.2) is 28.0 Å². The van der Waals surface area contributed by atoms with E-state index in [4.69, 9.17) is 9.16 Å². The molecule has 0 unspecified atom stereocenters. The van der Waals surface area contributed by atoms with Crippen LogP contribution >= 0.6 is 0 Å². The summed E-state index contributed by atoms with van der Waals surface area (Å²) in [4.78, 5) is 11.2. The standard InChI is InChI=1S/C19H40O3Si/c1-9-17(13-14-18(20)21-6)12-10-11-16(2)15-22-23(7,8)19(3,4)5/h16-17H,9-15H2,1-8H3/t16-,17+/m1/s1. The predicted octanol–water partition coefficient (Wildman–Crippen LogP) is 5.79. The van der Waals surface area contributed by atoms with Crippen LogP contribution < -0.4 is 0 Å². The fraction of sp³-hybridized carbons (Fsp3) is 0.947. The lowest BCUT2D eigenvalue weighted by molar-refractivity contribution is -0.140. The second kappa shape index (κ2) is 10.5. The average Bonchev–Trinajstić information content (AvgIpc) is 2.47. The number of ether oxygens (including phenoxy) is 1. The fourth-order valence-electron chi connectivity index (χ4n) is 2.38. The van der Waals surface area contributed by atoms with Gasteiger partial charge >= 0.3 is 5.97 Å². The summed E-state index contributed by atoms with van der Waals surface area (Å²) in [7, 11) is -0.151. The molecule has 0 saturated heterocycles. The van der Waals surface area contributed by atoms with E-state index < -0.39 is 8.32 Å². The second-order valence-electron chi connectivity index (χ2n) is 8.50. The Morgan fingerprint density at radius 3 is 2.22 bits per heavy atom. The molecular weight excluding hydrogens is 304 g/mol. The van der Waals surface area contributed by atoms with Gasteiger partial charge in [0.1, 0.15) is 0 Å². The van der Waals surface area contributed by atoms with Gasteiger partial charge in [0.2, 0.25) is 0 Å². The summed E-state index contributed by atoms with van der Waals surface area (Å²) in [6, 6.07) is 0. The van der Waals surface area contributed by atoms with E-state index in [0.29, 0.717) is 18.3 Å². The first-order valence-electron chi connectivity index (χ1n) is 9.24. The minimum atomic E-state index is -1.62. The van der Waals surface area contributed by atoms with E-state index in [1.54, 1.807) is 0 Å². The van der Waals surface area contributed by atoms with Gasteiger partial charge in [0, 0.05) is 13.0 Å². The van der Waals surface area contributed by atoms with E-state index >= 15 is 0 Å². The molecule has 4 heteroatoms. The Labute approximate surface area is 145 Å². The lowest BCUT2D eigenvalue weighted by Gasteiger charge is -2.37. The summed E-state index contributed by atoms with van der Waals surface area (Å²) in [6.45, 7) is 16.9. The maximum Gasteiger partial charge on any atom is 0.305 e. The second-order valence-corrected chi connectivity index (χ2v) is 13.3. The molecule has 0 radical (unpaired) electrons. The van der Waals surface area contributed by atoms with Gasteiger partial charge in [0.05, 0.1) is 7.11 Å². The number of hydrogen-bond acceptors (Lipinski definition) is 3. The van der Waals surface area contributed by atoms with Gasteiger partial charge in [-0.1, -0.05) is 53.9 Å². The number of carbonyl (C=O) groups is 1. The largest absolute Gasteiger partial charge is 0.469 e. The van der Waals surface area contributed by atoms with Crippen LogP contribution in [0.1, 0.15) is 73.1 Å². The van der Waals surface area contributed by atoms with Crippen molar-refractivity contribution in [2.24, 2.45) is 11.8 Å². The Morgan fingerprint density at radius 1 is 1.13 bits per heavy atom. The first kappa shape index (κ1) is 22.6. The number of esters is 1. The van der Waals surface area contributed by atoms with Crippen LogP contribution in [0.3, 0.4) is 0 Å². The van der Waals surface area contributed by atoms with Crippen LogP contribution in [0.25, 0.3) is 0 Å². The molecule has 23 heavy (non-hydrogen) atoms. The molecule has 0 aromatic heterocycles. The zero-order valence-corrected chi connectivity index (χ0v) is 17.8. The molecule has 0 N–H and O–H groups in total. The highest BCUT2D eigenvalue weighted by Crippen LogP contribution is 2.37. The smallest absolute Gasteiger partial charge is 0.305 e. The normalized spacial score (nSPS) is 15.3. The summed E-state index contributed by atoms with van der Waals surface area (Å²) in [6.07, 6.45) is 6.30. The molecule has 0 amide bonds. The van der Waals surface area contributed by atoms with Gasteiger partial charge in [-0.2, -0.15) is 0 Å². The van der Waals surface area contributed by atoms with Crippen molar-refractivity contribution in [2.75, 3.05) is 13.7 Å². The van der Waals surface area contributed by atoms with Gasteiger partial charge in [0.15, 0.2) is 8.32 Å². The maximum absolute atomic E-state index is 11.2. The average molecular weight is 345 g/mol. The van der Waals surface area contributed by atoms with Gasteiger partial charge in [0.25, 0.3) is 0 Å². The molecule has 0 aromatic carbocycles. The molecule has 0 bridgehead atoms. The third-order valence-electron chi connectivity index (χ3n) is 5.41. The Kier molecular flexibility index (Phi) is 10.3. The topological polar surface area (TPSA) is 35.5 Å². The van der Waals surface area contributed by atoms with Crippen LogP contribution in [-0.2, 0) is 14.0 Å². The van der Waals surface area contributed by atoms with Crippen molar-refractivity contribution >= 4 is 14.3 Å². The number of rotatable bonds is 11. The van der Waals surface area contributed by atoms with E-state index in [0.717, 1.165) is 19.4 Å². The van der Waals surface area contributed by atoms with Gasteiger partial charge in [-0.05, 0) is 42.8 Å². The molecule has 0 aromatic rings. The quantitative estimate of drug-likeness (QED) is 0.351. The van der Waals surface area contributed by atoms with Crippen molar-refractivity contribution in [3.8, 4) is 0 Å². The molecule has 3 nitrogen and oxygen atoms in total. The minimum Gasteiger partial charge on any atom is -0.469 e. The van der Waals surface area contributed by atoms with Crippen molar-refractivity contribution < 1.29 is 14.0 Å². The Hall–Kier alpha value is -0.353. The molecule has 0 aliphatic heterocycles. The summed E-state index contributed by atoms with van der Waals surface area (Å²) in [5.41, 5.74) is 0. The Balaban J connectivity index is 4.00. The van der Waals surface area contributed by atoms with Crippen LogP contribution in [0.4, 0.5) is 0 Å². The van der Waals surface area contributed by atoms with Gasteiger partial charge in [-0.15, -0.1) is 0 Å². The van der Waals surface area contributed by atoms with E-state index in [-0.39, 0.29) is 11.0 Å². The zero-order chi connectivity index (χ0) is 18.1. The summed E-state index contributed by atoms with van der Waals surface area (Å²) >= 11 is 0. The molecule has 0 spiro atoms. The minimum absolute atomic E-state index is 0.0837. The highest BCUT2D eigenvalue weighted by Gasteiger charge is 2.37. The SMILES string of the molecule is CC[C@@H](CCC[C@@H](C)CO[Si](C)(C)C(C)(C)C)CCC(=O)OC. The molecule has 138 valence electrons. The molecule has 0 aliphatic carbocycles. The van der Waals surface area contributed by atoms with Crippen molar-refractivity contribution in [3.63, 3.8) is 0 Å². The number of methoxy groups -OCH3 is 1. The molecule has 0 rings (SSSR count). The predicted molar refractivity (Wildman–Crippen MR) is 101 cm³/mol. The summed E-state index contributed by atoms with van der Waals surface area (Å²) in [5.74, 6) is 1.17. The van der Waals surface area contributed by atoms with Gasteiger partial charge < -0.3 is 9.16 Å². The van der Waals surface area contributed by atoms with E-state index in [2.05, 4.69) is 47.7 Å². The van der Waals surface area contributed by atoms with Crippen molar-refractivity contribution in [3.05, 3.63) is 0 Å². The van der Waals surface area contributed by atoms with Gasteiger partial charge in [-0.25, -0.2) is 0 Å². The summed E-state index contributed by atoms with van der Waals surface area (Å²) in [5, 5.41) is 0.286. The lowest BCUT2D eigenvalue weighted by atomic mass is 9.92. The van der Waals surface area contributed by atoms with Crippen molar-refractivity contribution in [1.29, 1.82) is 0 Å². The Bertz CT molecular complexity index is 334. The monoisotopic (exact) mass is 344 g/mol. The van der Waals surface area contributed by atoms with Crippen LogP contribution in [0.5, 0.6) is 0 Å². The first-order valence-corrected chi connectivity index (χ1v) is 12.1. The fourth-order valence-corrected chi connectivity index (χ4v) is 3.52. The van der Waals surface area contributed by atoms with E-state index in [1.807, 2.05) is 0 Å². The highest BCUT2D eigenvalue weighted by atomic mass is 28.4. The highest BCUT2D eigenvalue weighted by molar-refractivity contribution is 6.74. The molecule has 0 saturated carbocycles. The molecule has 0 aliphatic rings. The van der Waals surface area contributed by atoms with Crippen LogP contribution in [0, 0.1) is 11.8 Å². The summed E-state index contributed by atoms with van der Waals surface area (Å²) < 4.78 is 11.0. The number of carbonyl (C=O) groups excluding carboxylic acids is 1. The molecular formula is C19H40O3Si. The Morgan fingerprint density at radius 2 is 1.74 bits per heavy atom. The third kappa shape index (κ3) is 9.51. The van der Waals surface area contributed by atoms with Crippen molar-refractivity contribution in [2.45, 2.75) is 91.3 Å². The zero-order valence-electron chi connectivity index (χ0n) is 16.8. The molecule has 2 atom stereocenters. The maximum atomic E-state index is 11.2. The van der Waals surface area contributed by atoms with E-state index in [1.165, 1.54) is 26.4 Å². The van der Waals surface area contributed by atoms with Crippen LogP contribution in [0.15, 0.2) is 0 Å². The molecule has 0 fully saturated rings. The first-order chi connectivity index (χ1) is 10.5. The lowest BCUT2D eigenvalue weighted by Crippen LogP contribution is -2.41. The molecule has 0 heterocycles. The van der Waals surface area contributed by atoms with Crippen LogP contribution in [0.2, 0.25) is 18.1 Å². The third-order valence-corrected chi connectivity index (χ3v) is 9.91. The van der Waals surface area contributed by atoms with Crippen molar-refractivity contribution in [1.82, 2.24) is 0 Å². The van der Waals surface area contributed by atoms with Gasteiger partial charge in [-0.3, -0.25) is 4.79 Å². The van der Waals surface area contributed by atoms with E-state index in [9.17, 15) is 4.79 Å².